The smallest absolute Gasteiger partial charge is 0.489 e. The molecule has 0 unspecified atom stereocenters. The van der Waals surface area contributed by atoms with Gasteiger partial charge in [-0.1, -0.05) is 30.3 Å². The van der Waals surface area contributed by atoms with E-state index >= 15 is 0 Å². The van der Waals surface area contributed by atoms with Gasteiger partial charge in [0.2, 0.25) is 0 Å². The third kappa shape index (κ3) is 3.56. The van der Waals surface area contributed by atoms with Crippen LogP contribution >= 0.6 is 0 Å². The minimum Gasteiger partial charge on any atom is -0.489 e. The maximum atomic E-state index is 9.12. The Morgan fingerprint density at radius 3 is 2.16 bits per heavy atom. The second kappa shape index (κ2) is 6.55. The normalized spacial score (nSPS) is 18.0. The summed E-state index contributed by atoms with van der Waals surface area (Å²) in [5.74, 6) is 0.744. The Bertz CT molecular complexity index is 777. The molecule has 0 N–H and O–H groups in total. The predicted octanol–water partition coefficient (Wildman–Crippen LogP) is 3.44. The molecule has 0 bridgehead atoms. The molecule has 1 heterocycles. The summed E-state index contributed by atoms with van der Waals surface area (Å²) >= 11 is 0. The predicted molar refractivity (Wildman–Crippen MR) is 97.6 cm³/mol. The summed E-state index contributed by atoms with van der Waals surface area (Å²) in [6.45, 7) is 8.52. The summed E-state index contributed by atoms with van der Waals surface area (Å²) in [6.07, 6.45) is 0. The molecule has 0 amide bonds. The van der Waals surface area contributed by atoms with Gasteiger partial charge in [0.25, 0.3) is 0 Å². The van der Waals surface area contributed by atoms with E-state index in [0.717, 1.165) is 16.8 Å². The van der Waals surface area contributed by atoms with Crippen LogP contribution in [-0.2, 0) is 15.9 Å². The number of nitriles is 1. The van der Waals surface area contributed by atoms with E-state index in [1.807, 2.05) is 70.2 Å². The van der Waals surface area contributed by atoms with E-state index in [9.17, 15) is 0 Å². The molecule has 2 aromatic carbocycles. The van der Waals surface area contributed by atoms with Crippen molar-refractivity contribution in [2.45, 2.75) is 45.5 Å². The highest BCUT2D eigenvalue weighted by atomic mass is 16.7. The number of hydrogen-bond acceptors (Lipinski definition) is 4. The summed E-state index contributed by atoms with van der Waals surface area (Å²) in [6, 6.07) is 17.3. The van der Waals surface area contributed by atoms with Crippen LogP contribution in [0.3, 0.4) is 0 Å². The zero-order valence-electron chi connectivity index (χ0n) is 15.1. The monoisotopic (exact) mass is 335 g/mol. The van der Waals surface area contributed by atoms with Gasteiger partial charge in [0.05, 0.1) is 22.8 Å². The highest BCUT2D eigenvalue weighted by Crippen LogP contribution is 2.36. The molecule has 0 saturated carbocycles. The lowest BCUT2D eigenvalue weighted by molar-refractivity contribution is 0.00578. The molecule has 4 nitrogen and oxygen atoms in total. The van der Waals surface area contributed by atoms with Crippen molar-refractivity contribution in [1.29, 1.82) is 5.26 Å². The maximum Gasteiger partial charge on any atom is 0.494 e. The number of hydrogen-bond donors (Lipinski definition) is 0. The van der Waals surface area contributed by atoms with E-state index in [1.54, 1.807) is 6.07 Å². The van der Waals surface area contributed by atoms with Crippen molar-refractivity contribution in [2.24, 2.45) is 0 Å². The molecule has 0 atom stereocenters. The molecule has 5 heteroatoms. The Morgan fingerprint density at radius 1 is 0.960 bits per heavy atom. The third-order valence-corrected chi connectivity index (χ3v) is 4.94. The van der Waals surface area contributed by atoms with Crippen LogP contribution in [0.25, 0.3) is 0 Å². The van der Waals surface area contributed by atoms with Gasteiger partial charge in [-0.15, -0.1) is 0 Å². The first-order valence-electron chi connectivity index (χ1n) is 8.39. The maximum absolute atomic E-state index is 9.12. The Morgan fingerprint density at radius 2 is 1.56 bits per heavy atom. The Kier molecular flexibility index (Phi) is 4.59. The van der Waals surface area contributed by atoms with Crippen molar-refractivity contribution in [3.8, 4) is 11.8 Å². The minimum atomic E-state index is -0.377. The van der Waals surface area contributed by atoms with E-state index in [1.165, 1.54) is 0 Å². The van der Waals surface area contributed by atoms with Crippen LogP contribution in [0, 0.1) is 11.3 Å². The van der Waals surface area contributed by atoms with Gasteiger partial charge < -0.3 is 14.0 Å². The third-order valence-electron chi connectivity index (χ3n) is 4.94. The van der Waals surface area contributed by atoms with Crippen LogP contribution in [0.1, 0.15) is 38.8 Å². The molecule has 0 aromatic heterocycles. The Balaban J connectivity index is 1.67. The van der Waals surface area contributed by atoms with Crippen molar-refractivity contribution >= 4 is 12.6 Å². The first-order valence-corrected chi connectivity index (χ1v) is 8.39. The standard InChI is InChI=1S/C20H22BNO3/c1-19(2)20(3,4)25-21(24-19)17-9-11-18(12-10-17)23-14-16-8-6-5-7-15(16)13-22/h5-12H,14H2,1-4H3. The van der Waals surface area contributed by atoms with Crippen LogP contribution in [0.15, 0.2) is 48.5 Å². The van der Waals surface area contributed by atoms with Crippen molar-refractivity contribution in [1.82, 2.24) is 0 Å². The van der Waals surface area contributed by atoms with Gasteiger partial charge in [0, 0.05) is 5.56 Å². The zero-order valence-corrected chi connectivity index (χ0v) is 15.1. The fourth-order valence-electron chi connectivity index (χ4n) is 2.62. The molecule has 0 radical (unpaired) electrons. The topological polar surface area (TPSA) is 51.5 Å². The van der Waals surface area contributed by atoms with Crippen LogP contribution in [0.5, 0.6) is 5.75 Å². The largest absolute Gasteiger partial charge is 0.494 e. The van der Waals surface area contributed by atoms with Gasteiger partial charge in [-0.3, -0.25) is 0 Å². The molecule has 128 valence electrons. The van der Waals surface area contributed by atoms with Crippen LogP contribution in [-0.4, -0.2) is 18.3 Å². The minimum absolute atomic E-state index is 0.353. The van der Waals surface area contributed by atoms with E-state index in [4.69, 9.17) is 19.3 Å². The quantitative estimate of drug-likeness (QED) is 0.803. The van der Waals surface area contributed by atoms with E-state index < -0.39 is 0 Å². The van der Waals surface area contributed by atoms with Gasteiger partial charge in [-0.2, -0.15) is 5.26 Å². The molecule has 0 aliphatic carbocycles. The van der Waals surface area contributed by atoms with Crippen LogP contribution < -0.4 is 10.2 Å². The summed E-state index contributed by atoms with van der Waals surface area (Å²) < 4.78 is 17.9. The average molecular weight is 335 g/mol. The van der Waals surface area contributed by atoms with Gasteiger partial charge in [-0.05, 0) is 51.4 Å². The highest BCUT2D eigenvalue weighted by molar-refractivity contribution is 6.62. The van der Waals surface area contributed by atoms with Crippen molar-refractivity contribution < 1.29 is 14.0 Å². The molecular formula is C20H22BNO3. The zero-order chi connectivity index (χ0) is 18.1. The summed E-state index contributed by atoms with van der Waals surface area (Å²) in [5, 5.41) is 9.12. The fourth-order valence-corrected chi connectivity index (χ4v) is 2.62. The molecule has 3 rings (SSSR count). The van der Waals surface area contributed by atoms with Crippen molar-refractivity contribution in [2.75, 3.05) is 0 Å². The molecule has 0 spiro atoms. The lowest BCUT2D eigenvalue weighted by atomic mass is 9.79. The van der Waals surface area contributed by atoms with E-state index in [0.29, 0.717) is 12.2 Å². The number of ether oxygens (including phenoxy) is 1. The number of nitrogens with zero attached hydrogens (tertiary/aromatic N) is 1. The SMILES string of the molecule is CC1(C)OB(c2ccc(OCc3ccccc3C#N)cc2)OC1(C)C. The van der Waals surface area contributed by atoms with E-state index in [2.05, 4.69) is 6.07 Å². The lowest BCUT2D eigenvalue weighted by Gasteiger charge is -2.32. The molecule has 1 aliphatic heterocycles. The first-order chi connectivity index (χ1) is 11.8. The lowest BCUT2D eigenvalue weighted by Crippen LogP contribution is -2.41. The fraction of sp³-hybridized carbons (Fsp3) is 0.350. The number of benzene rings is 2. The van der Waals surface area contributed by atoms with E-state index in [-0.39, 0.29) is 18.3 Å². The summed E-state index contributed by atoms with van der Waals surface area (Å²) in [5.41, 5.74) is 1.77. The highest BCUT2D eigenvalue weighted by Gasteiger charge is 2.51. The summed E-state index contributed by atoms with van der Waals surface area (Å²) in [7, 11) is -0.377. The van der Waals surface area contributed by atoms with Gasteiger partial charge in [0.1, 0.15) is 12.4 Å². The summed E-state index contributed by atoms with van der Waals surface area (Å²) in [4.78, 5) is 0. The van der Waals surface area contributed by atoms with Gasteiger partial charge in [-0.25, -0.2) is 0 Å². The number of rotatable bonds is 4. The van der Waals surface area contributed by atoms with Crippen LogP contribution in [0.2, 0.25) is 0 Å². The van der Waals surface area contributed by atoms with Crippen molar-refractivity contribution in [3.63, 3.8) is 0 Å². The Labute approximate surface area is 149 Å². The Hall–Kier alpha value is -2.29. The molecule has 1 saturated heterocycles. The van der Waals surface area contributed by atoms with Gasteiger partial charge in [0.15, 0.2) is 0 Å². The van der Waals surface area contributed by atoms with Gasteiger partial charge >= 0.3 is 7.12 Å². The molecule has 2 aromatic rings. The molecular weight excluding hydrogens is 313 g/mol. The first kappa shape index (κ1) is 17.5. The molecule has 25 heavy (non-hydrogen) atoms. The second-order valence-electron chi connectivity index (χ2n) is 7.21. The molecule has 1 aliphatic rings. The molecule has 1 fully saturated rings. The van der Waals surface area contributed by atoms with Crippen molar-refractivity contribution in [3.05, 3.63) is 59.7 Å². The average Bonchev–Trinajstić information content (AvgIpc) is 2.81. The second-order valence-corrected chi connectivity index (χ2v) is 7.21. The van der Waals surface area contributed by atoms with Crippen LogP contribution in [0.4, 0.5) is 0 Å².